The third-order valence-electron chi connectivity index (χ3n) is 6.70. The summed E-state index contributed by atoms with van der Waals surface area (Å²) in [6.07, 6.45) is 3.59. The summed E-state index contributed by atoms with van der Waals surface area (Å²) in [5, 5.41) is 0. The molecule has 1 aliphatic carbocycles. The Kier molecular flexibility index (Phi) is 6.94. The minimum absolute atomic E-state index is 0.279. The Morgan fingerprint density at radius 3 is 1.22 bits per heavy atom. The molecule has 0 aromatic heterocycles. The van der Waals surface area contributed by atoms with E-state index in [0.29, 0.717) is 12.2 Å². The lowest BCUT2D eigenvalue weighted by Crippen LogP contribution is -2.51. The second-order valence-electron chi connectivity index (χ2n) is 7.48. The maximum absolute atomic E-state index is 6.87. The zero-order chi connectivity index (χ0) is 17.1. The molecule has 3 nitrogen and oxygen atoms in total. The maximum Gasteiger partial charge on any atom is 0.192 e. The zero-order valence-electron chi connectivity index (χ0n) is 16.2. The smallest absolute Gasteiger partial charge is 0.192 e. The van der Waals surface area contributed by atoms with Crippen molar-refractivity contribution in [2.75, 3.05) is 0 Å². The highest BCUT2D eigenvalue weighted by Crippen LogP contribution is 2.42. The summed E-state index contributed by atoms with van der Waals surface area (Å²) in [6, 6.07) is 7.31. The average Bonchev–Trinajstić information content (AvgIpc) is 3.35. The van der Waals surface area contributed by atoms with Gasteiger partial charge in [0, 0.05) is 12.8 Å². The Morgan fingerprint density at radius 1 is 0.652 bits per heavy atom. The van der Waals surface area contributed by atoms with Gasteiger partial charge in [0.05, 0.1) is 24.4 Å². The van der Waals surface area contributed by atoms with Crippen molar-refractivity contribution in [1.82, 2.24) is 0 Å². The lowest BCUT2D eigenvalue weighted by Gasteiger charge is -2.42. The van der Waals surface area contributed by atoms with E-state index in [2.05, 4.69) is 41.5 Å². The molecule has 0 amide bonds. The quantitative estimate of drug-likeness (QED) is 0.391. The van der Waals surface area contributed by atoms with Crippen LogP contribution < -0.4 is 0 Å². The number of ether oxygens (including phenoxy) is 1. The number of rotatable bonds is 10. The van der Waals surface area contributed by atoms with Crippen molar-refractivity contribution < 1.29 is 13.6 Å². The van der Waals surface area contributed by atoms with Gasteiger partial charge in [-0.2, -0.15) is 0 Å². The Morgan fingerprint density at radius 2 is 0.957 bits per heavy atom. The first-order chi connectivity index (χ1) is 11.0. The van der Waals surface area contributed by atoms with E-state index in [-0.39, 0.29) is 12.2 Å². The fraction of sp³-hybridized carbons (Fsp3) is 1.00. The van der Waals surface area contributed by atoms with E-state index in [1.807, 2.05) is 0 Å². The van der Waals surface area contributed by atoms with Gasteiger partial charge in [-0.25, -0.2) is 0 Å². The molecular weight excluding hydrogens is 320 g/mol. The van der Waals surface area contributed by atoms with Gasteiger partial charge in [-0.3, -0.25) is 0 Å². The summed E-state index contributed by atoms with van der Waals surface area (Å²) in [5.41, 5.74) is 0. The Balaban J connectivity index is 2.11. The number of hydrogen-bond donors (Lipinski definition) is 0. The first-order valence-corrected chi connectivity index (χ1v) is 15.1. The van der Waals surface area contributed by atoms with Crippen LogP contribution in [0.4, 0.5) is 0 Å². The van der Waals surface area contributed by atoms with Crippen molar-refractivity contribution in [1.29, 1.82) is 0 Å². The van der Waals surface area contributed by atoms with Gasteiger partial charge >= 0.3 is 0 Å². The molecule has 0 spiro atoms. The Labute approximate surface area is 145 Å². The van der Waals surface area contributed by atoms with E-state index >= 15 is 0 Å². The number of epoxide rings is 1. The minimum Gasteiger partial charge on any atom is -0.411 e. The van der Waals surface area contributed by atoms with Crippen molar-refractivity contribution in [3.05, 3.63) is 0 Å². The predicted octanol–water partition coefficient (Wildman–Crippen LogP) is 5.33. The second kappa shape index (κ2) is 8.13. The molecule has 2 rings (SSSR count). The van der Waals surface area contributed by atoms with E-state index < -0.39 is 16.6 Å². The van der Waals surface area contributed by atoms with Crippen LogP contribution in [-0.4, -0.2) is 41.1 Å². The molecular formula is C18H38O3Si2. The first kappa shape index (κ1) is 19.6. The van der Waals surface area contributed by atoms with Gasteiger partial charge in [-0.05, 0) is 36.3 Å². The summed E-state index contributed by atoms with van der Waals surface area (Å²) in [5.74, 6) is 0. The van der Waals surface area contributed by atoms with Crippen LogP contribution >= 0.6 is 0 Å². The van der Waals surface area contributed by atoms with Gasteiger partial charge in [0.2, 0.25) is 0 Å². The van der Waals surface area contributed by atoms with Crippen molar-refractivity contribution in [3.8, 4) is 0 Å². The second-order valence-corrected chi connectivity index (χ2v) is 16.9. The minimum atomic E-state index is -1.58. The third kappa shape index (κ3) is 4.29. The monoisotopic (exact) mass is 358 g/mol. The fourth-order valence-corrected chi connectivity index (χ4v) is 10.0. The zero-order valence-corrected chi connectivity index (χ0v) is 18.2. The molecule has 1 heterocycles. The van der Waals surface area contributed by atoms with Crippen LogP contribution in [0.3, 0.4) is 0 Å². The van der Waals surface area contributed by atoms with Crippen molar-refractivity contribution in [2.24, 2.45) is 0 Å². The van der Waals surface area contributed by atoms with Crippen LogP contribution in [0, 0.1) is 0 Å². The largest absolute Gasteiger partial charge is 0.411 e. The lowest BCUT2D eigenvalue weighted by atomic mass is 9.95. The molecule has 5 heteroatoms. The molecule has 0 unspecified atom stereocenters. The maximum atomic E-state index is 6.87. The van der Waals surface area contributed by atoms with Crippen LogP contribution in [0.1, 0.15) is 54.4 Å². The predicted molar refractivity (Wildman–Crippen MR) is 102 cm³/mol. The molecule has 23 heavy (non-hydrogen) atoms. The Bertz CT molecular complexity index is 319. The molecule has 4 atom stereocenters. The molecule has 1 saturated heterocycles. The average molecular weight is 359 g/mol. The van der Waals surface area contributed by atoms with E-state index in [1.54, 1.807) is 0 Å². The summed E-state index contributed by atoms with van der Waals surface area (Å²) < 4.78 is 19.6. The van der Waals surface area contributed by atoms with E-state index in [4.69, 9.17) is 13.6 Å². The van der Waals surface area contributed by atoms with Gasteiger partial charge in [-0.15, -0.1) is 0 Å². The van der Waals surface area contributed by atoms with Gasteiger partial charge < -0.3 is 13.6 Å². The molecule has 0 aromatic rings. The summed E-state index contributed by atoms with van der Waals surface area (Å²) >= 11 is 0. The van der Waals surface area contributed by atoms with E-state index in [0.717, 1.165) is 12.8 Å². The normalized spacial score (nSPS) is 31.0. The topological polar surface area (TPSA) is 31.0 Å². The molecule has 0 aromatic carbocycles. The van der Waals surface area contributed by atoms with Crippen LogP contribution in [0.15, 0.2) is 0 Å². The number of hydrogen-bond acceptors (Lipinski definition) is 3. The first-order valence-electron chi connectivity index (χ1n) is 10.0. The molecule has 2 aliphatic rings. The molecule has 2 fully saturated rings. The molecule has 1 aliphatic heterocycles. The summed E-state index contributed by atoms with van der Waals surface area (Å²) in [7, 11) is -3.17. The fourth-order valence-electron chi connectivity index (χ4n) is 4.25. The highest BCUT2D eigenvalue weighted by Gasteiger charge is 2.52. The molecule has 0 bridgehead atoms. The van der Waals surface area contributed by atoms with Crippen LogP contribution in [0.2, 0.25) is 36.3 Å². The molecule has 136 valence electrons. The van der Waals surface area contributed by atoms with Crippen LogP contribution in [-0.2, 0) is 13.6 Å². The van der Waals surface area contributed by atoms with Gasteiger partial charge in [0.15, 0.2) is 16.6 Å². The van der Waals surface area contributed by atoms with Crippen LogP contribution in [0.25, 0.3) is 0 Å². The lowest BCUT2D eigenvalue weighted by molar-refractivity contribution is 0.0180. The van der Waals surface area contributed by atoms with E-state index in [1.165, 1.54) is 36.3 Å². The summed E-state index contributed by atoms with van der Waals surface area (Å²) in [4.78, 5) is 0. The molecule has 0 N–H and O–H groups in total. The molecule has 0 radical (unpaired) electrons. The highest BCUT2D eigenvalue weighted by atomic mass is 28.4. The standard InChI is InChI=1S/C18H38O3Si2/c1-7-22(8-2,9-3)20-17-13-15-16(19-15)14-18(17)21-23(10-4,11-5)12-6/h15-18H,7-14H2,1-6H3/t15-,16+,17-,18+. The SMILES string of the molecule is CC[Si](CC)(CC)O[C@H]1C[C@@H]2O[C@@H]2C[C@H]1O[Si](CC)(CC)CC. The number of fused-ring (bicyclic) bond motifs is 1. The van der Waals surface area contributed by atoms with Gasteiger partial charge in [0.25, 0.3) is 0 Å². The van der Waals surface area contributed by atoms with Gasteiger partial charge in [-0.1, -0.05) is 41.5 Å². The Hall–Kier alpha value is 0.314. The third-order valence-corrected chi connectivity index (χ3v) is 16.0. The van der Waals surface area contributed by atoms with Gasteiger partial charge in [0.1, 0.15) is 0 Å². The highest BCUT2D eigenvalue weighted by molar-refractivity contribution is 6.74. The molecule has 1 saturated carbocycles. The van der Waals surface area contributed by atoms with Crippen molar-refractivity contribution in [3.63, 3.8) is 0 Å². The van der Waals surface area contributed by atoms with Crippen molar-refractivity contribution in [2.45, 2.75) is 115 Å². The van der Waals surface area contributed by atoms with Crippen molar-refractivity contribution >= 4 is 16.6 Å². The van der Waals surface area contributed by atoms with E-state index in [9.17, 15) is 0 Å². The van der Waals surface area contributed by atoms with Crippen LogP contribution in [0.5, 0.6) is 0 Å². The summed E-state index contributed by atoms with van der Waals surface area (Å²) in [6.45, 7) is 13.9.